The Morgan fingerprint density at radius 2 is 0.825 bits per heavy atom. The molecule has 300 valence electrons. The van der Waals surface area contributed by atoms with Gasteiger partial charge in [-0.1, -0.05) is 185 Å². The molecule has 0 spiro atoms. The van der Waals surface area contributed by atoms with Crippen molar-refractivity contribution >= 4 is 48.6 Å². The number of anilines is 3. The van der Waals surface area contributed by atoms with Crippen LogP contribution in [0.15, 0.2) is 200 Å². The van der Waals surface area contributed by atoms with Gasteiger partial charge in [-0.2, -0.15) is 0 Å². The fourth-order valence-corrected chi connectivity index (χ4v) is 13.2. The molecule has 0 unspecified atom stereocenters. The van der Waals surface area contributed by atoms with Gasteiger partial charge < -0.3 is 4.90 Å². The van der Waals surface area contributed by atoms with Gasteiger partial charge in [-0.25, -0.2) is 0 Å². The van der Waals surface area contributed by atoms with Crippen molar-refractivity contribution in [1.29, 1.82) is 0 Å². The summed E-state index contributed by atoms with van der Waals surface area (Å²) in [5.41, 5.74) is 21.6. The fraction of sp³-hybridized carbons (Fsp3) is 0.115. The highest BCUT2D eigenvalue weighted by Crippen LogP contribution is 2.58. The molecule has 1 nitrogen and oxygen atoms in total. The first-order valence-electron chi connectivity index (χ1n) is 22.3. The minimum atomic E-state index is -0.447. The van der Waals surface area contributed by atoms with E-state index >= 15 is 0 Å². The van der Waals surface area contributed by atoms with Crippen molar-refractivity contribution in [3.63, 3.8) is 0 Å². The van der Waals surface area contributed by atoms with Crippen molar-refractivity contribution in [3.8, 4) is 33.4 Å². The van der Waals surface area contributed by atoms with E-state index in [0.717, 1.165) is 0 Å². The number of hydrogen-bond acceptors (Lipinski definition) is 2. The third kappa shape index (κ3) is 4.88. The van der Waals surface area contributed by atoms with Crippen molar-refractivity contribution in [2.75, 3.05) is 4.90 Å². The minimum Gasteiger partial charge on any atom is -0.310 e. The van der Waals surface area contributed by atoms with E-state index in [1.54, 1.807) is 0 Å². The van der Waals surface area contributed by atoms with E-state index in [1.807, 2.05) is 11.3 Å². The summed E-state index contributed by atoms with van der Waals surface area (Å²) in [6.45, 7) is 9.54. The van der Waals surface area contributed by atoms with Gasteiger partial charge in [0.05, 0.1) is 11.1 Å². The lowest BCUT2D eigenvalue weighted by atomic mass is 9.67. The van der Waals surface area contributed by atoms with Crippen molar-refractivity contribution in [2.24, 2.45) is 0 Å². The molecule has 63 heavy (non-hydrogen) atoms. The van der Waals surface area contributed by atoms with E-state index in [0.29, 0.717) is 0 Å². The number of benzene rings is 9. The average molecular weight is 824 g/mol. The first-order valence-corrected chi connectivity index (χ1v) is 23.1. The number of nitrogens with zero attached hydrogens (tertiary/aromatic N) is 1. The number of rotatable bonds is 5. The maximum absolute atomic E-state index is 2.55. The molecule has 0 bridgehead atoms. The molecule has 1 heterocycles. The average Bonchev–Trinajstić information content (AvgIpc) is 3.99. The molecule has 2 heteroatoms. The van der Waals surface area contributed by atoms with Gasteiger partial charge in [-0.05, 0) is 120 Å². The molecule has 1 aromatic heterocycles. The summed E-state index contributed by atoms with van der Waals surface area (Å²) in [5, 5.41) is 2.57. The summed E-state index contributed by atoms with van der Waals surface area (Å²) in [6, 6.07) is 75.8. The van der Waals surface area contributed by atoms with Gasteiger partial charge in [0, 0.05) is 42.4 Å². The second-order valence-corrected chi connectivity index (χ2v) is 19.9. The Morgan fingerprint density at radius 3 is 1.38 bits per heavy atom. The predicted octanol–water partition coefficient (Wildman–Crippen LogP) is 16.5. The Morgan fingerprint density at radius 1 is 0.349 bits per heavy atom. The third-order valence-electron chi connectivity index (χ3n) is 15.0. The van der Waals surface area contributed by atoms with E-state index in [2.05, 4.69) is 233 Å². The molecule has 0 saturated carbocycles. The highest BCUT2D eigenvalue weighted by molar-refractivity contribution is 7.26. The summed E-state index contributed by atoms with van der Waals surface area (Å²) in [5.74, 6) is 0. The van der Waals surface area contributed by atoms with Crippen LogP contribution in [0.2, 0.25) is 0 Å². The topological polar surface area (TPSA) is 3.24 Å². The lowest BCUT2D eigenvalue weighted by Gasteiger charge is -2.34. The van der Waals surface area contributed by atoms with Crippen LogP contribution in [0.1, 0.15) is 72.2 Å². The van der Waals surface area contributed by atoms with E-state index in [9.17, 15) is 0 Å². The summed E-state index contributed by atoms with van der Waals surface area (Å²) in [7, 11) is 0. The van der Waals surface area contributed by atoms with Crippen molar-refractivity contribution in [2.45, 2.75) is 43.9 Å². The third-order valence-corrected chi connectivity index (χ3v) is 16.1. The molecule has 0 aliphatic heterocycles. The van der Waals surface area contributed by atoms with E-state index in [-0.39, 0.29) is 10.8 Å². The zero-order valence-corrected chi connectivity index (χ0v) is 36.7. The Balaban J connectivity index is 1.05. The Kier molecular flexibility index (Phi) is 7.57. The molecule has 0 amide bonds. The second-order valence-electron chi connectivity index (χ2n) is 18.8. The van der Waals surface area contributed by atoms with E-state index in [1.165, 1.54) is 115 Å². The van der Waals surface area contributed by atoms with E-state index < -0.39 is 5.41 Å². The molecule has 0 fully saturated rings. The molecule has 13 rings (SSSR count). The van der Waals surface area contributed by atoms with Crippen molar-refractivity contribution < 1.29 is 0 Å². The van der Waals surface area contributed by atoms with Gasteiger partial charge in [0.2, 0.25) is 0 Å². The van der Waals surface area contributed by atoms with Crippen LogP contribution < -0.4 is 4.90 Å². The first-order chi connectivity index (χ1) is 30.8. The van der Waals surface area contributed by atoms with E-state index in [4.69, 9.17) is 0 Å². The number of hydrogen-bond donors (Lipinski definition) is 0. The monoisotopic (exact) mass is 823 g/mol. The summed E-state index contributed by atoms with van der Waals surface area (Å²) in [6.07, 6.45) is 0. The molecule has 3 aliphatic rings. The molecule has 0 atom stereocenters. The minimum absolute atomic E-state index is 0.126. The van der Waals surface area contributed by atoms with Crippen LogP contribution in [-0.2, 0) is 16.2 Å². The molecule has 3 aliphatic carbocycles. The van der Waals surface area contributed by atoms with Crippen molar-refractivity contribution in [1.82, 2.24) is 0 Å². The zero-order chi connectivity index (χ0) is 42.2. The van der Waals surface area contributed by atoms with Crippen LogP contribution in [0.25, 0.3) is 53.6 Å². The molecule has 0 saturated heterocycles. The molecule has 9 aromatic carbocycles. The first kappa shape index (κ1) is 36.6. The van der Waals surface area contributed by atoms with Crippen molar-refractivity contribution in [3.05, 3.63) is 245 Å². The maximum atomic E-state index is 2.55. The molecular weight excluding hydrogens is 779 g/mol. The second kappa shape index (κ2) is 13.0. The summed E-state index contributed by atoms with van der Waals surface area (Å²) < 4.78 is 2.58. The fourth-order valence-electron chi connectivity index (χ4n) is 12.0. The Hall–Kier alpha value is -7.00. The summed E-state index contributed by atoms with van der Waals surface area (Å²) >= 11 is 1.91. The largest absolute Gasteiger partial charge is 0.310 e. The van der Waals surface area contributed by atoms with Gasteiger partial charge in [-0.3, -0.25) is 0 Å². The lowest BCUT2D eigenvalue weighted by molar-refractivity contribution is 0.660. The quantitative estimate of drug-likeness (QED) is 0.167. The van der Waals surface area contributed by atoms with Crippen LogP contribution in [-0.4, -0.2) is 0 Å². The number of fused-ring (bicyclic) bond motifs is 12. The molecule has 10 aromatic rings. The van der Waals surface area contributed by atoms with Crippen LogP contribution in [0.4, 0.5) is 17.1 Å². The van der Waals surface area contributed by atoms with Crippen LogP contribution in [0, 0.1) is 0 Å². The zero-order valence-electron chi connectivity index (χ0n) is 35.9. The maximum Gasteiger partial charge on any atom is 0.0714 e. The highest BCUT2D eigenvalue weighted by atomic mass is 32.1. The highest BCUT2D eigenvalue weighted by Gasteiger charge is 2.46. The van der Waals surface area contributed by atoms with Gasteiger partial charge in [-0.15, -0.1) is 11.3 Å². The molecule has 0 N–H and O–H groups in total. The van der Waals surface area contributed by atoms with Gasteiger partial charge in [0.15, 0.2) is 0 Å². The molecule has 0 radical (unpaired) electrons. The lowest BCUT2D eigenvalue weighted by Crippen LogP contribution is -2.28. The SMILES string of the molecule is CC1(C)c2ccccc2-c2ccc(N(c3ccc4c(c3)C(C)(C)c3ccccc3-4)c3cccc4sc5cc(C6(c7ccccc7)c7ccccc7-c7ccccc76)ccc5c34)cc21. The smallest absolute Gasteiger partial charge is 0.0714 e. The predicted molar refractivity (Wildman–Crippen MR) is 266 cm³/mol. The summed E-state index contributed by atoms with van der Waals surface area (Å²) in [4.78, 5) is 2.55. The van der Waals surface area contributed by atoms with Gasteiger partial charge >= 0.3 is 0 Å². The van der Waals surface area contributed by atoms with Crippen LogP contribution >= 0.6 is 11.3 Å². The normalized spacial score (nSPS) is 15.4. The Labute approximate surface area is 373 Å². The Bertz CT molecular complexity index is 3380. The van der Waals surface area contributed by atoms with Crippen LogP contribution in [0.5, 0.6) is 0 Å². The number of thiophene rings is 1. The van der Waals surface area contributed by atoms with Gasteiger partial charge in [0.25, 0.3) is 0 Å². The standard InChI is InChI=1S/C61H45NS/c1-59(2)49-23-12-8-19-42(49)46-33-30-40(36-53(46)59)62(41-31-34-47-43-20-9-13-24-50(43)60(3,4)54(47)37-41)55-27-16-28-56-58(55)48-32-29-39(35-57(48)63-56)61(38-17-6-5-7-18-38)51-25-14-10-21-44(51)45-22-11-15-26-52(45)61/h5-37H,1-4H3. The molecular formula is C61H45NS. The van der Waals surface area contributed by atoms with Crippen LogP contribution in [0.3, 0.4) is 0 Å². The van der Waals surface area contributed by atoms with Gasteiger partial charge in [0.1, 0.15) is 0 Å².